The molecule has 4 rings (SSSR count). The van der Waals surface area contributed by atoms with Crippen molar-refractivity contribution in [2.45, 2.75) is 0 Å². The summed E-state index contributed by atoms with van der Waals surface area (Å²) in [5, 5.41) is -0.121. The Hall–Kier alpha value is -3.95. The molecule has 0 bridgehead atoms. The molecule has 1 fully saturated rings. The van der Waals surface area contributed by atoms with E-state index in [4.69, 9.17) is 30.5 Å². The summed E-state index contributed by atoms with van der Waals surface area (Å²) < 4.78 is 21.7. The van der Waals surface area contributed by atoms with Gasteiger partial charge in [-0.3, -0.25) is 14.5 Å². The maximum Gasteiger partial charge on any atom is 0.345 e. The average Bonchev–Trinajstić information content (AvgIpc) is 3.17. The minimum absolute atomic E-state index is 0.0836. The predicted molar refractivity (Wildman–Crippen MR) is 141 cm³/mol. The number of hydrogen-bond donors (Lipinski definition) is 0. The molecule has 3 aromatic rings. The fourth-order valence-electron chi connectivity index (χ4n) is 3.47. The second-order valence-electron chi connectivity index (χ2n) is 7.61. The van der Waals surface area contributed by atoms with E-state index in [0.29, 0.717) is 17.1 Å². The van der Waals surface area contributed by atoms with Crippen molar-refractivity contribution in [3.8, 4) is 23.0 Å². The molecule has 10 heteroatoms. The van der Waals surface area contributed by atoms with E-state index in [0.717, 1.165) is 16.7 Å². The van der Waals surface area contributed by atoms with Crippen molar-refractivity contribution in [2.24, 2.45) is 0 Å². The van der Waals surface area contributed by atoms with Gasteiger partial charge in [0.2, 0.25) is 0 Å². The van der Waals surface area contributed by atoms with Crippen molar-refractivity contribution in [2.75, 3.05) is 27.4 Å². The zero-order chi connectivity index (χ0) is 26.4. The van der Waals surface area contributed by atoms with Crippen molar-refractivity contribution in [1.82, 2.24) is 4.90 Å². The molecule has 8 nitrogen and oxygen atoms in total. The number of halogens is 1. The van der Waals surface area contributed by atoms with Gasteiger partial charge in [0.25, 0.3) is 11.1 Å². The van der Waals surface area contributed by atoms with Crippen LogP contribution in [0.3, 0.4) is 0 Å². The molecule has 190 valence electrons. The van der Waals surface area contributed by atoms with Crippen molar-refractivity contribution in [3.63, 3.8) is 0 Å². The maximum absolute atomic E-state index is 12.9. The molecule has 1 saturated heterocycles. The molecule has 0 spiro atoms. The number of amides is 2. The van der Waals surface area contributed by atoms with Crippen molar-refractivity contribution >= 4 is 46.6 Å². The number of rotatable bonds is 9. The Bertz CT molecular complexity index is 1370. The van der Waals surface area contributed by atoms with Crippen molar-refractivity contribution in [3.05, 3.63) is 87.8 Å². The summed E-state index contributed by atoms with van der Waals surface area (Å²) in [6, 6.07) is 18.5. The second kappa shape index (κ2) is 11.9. The van der Waals surface area contributed by atoms with Crippen LogP contribution in [0, 0.1) is 0 Å². The molecule has 1 heterocycles. The van der Waals surface area contributed by atoms with Crippen LogP contribution in [-0.2, 0) is 4.79 Å². The number of nitrogens with zero attached hydrogens (tertiary/aromatic N) is 1. The lowest BCUT2D eigenvalue weighted by Gasteiger charge is -2.14. The number of para-hydroxylation sites is 2. The Morgan fingerprint density at radius 1 is 0.919 bits per heavy atom. The third-order valence-corrected chi connectivity index (χ3v) is 6.53. The minimum atomic E-state index is -0.631. The summed E-state index contributed by atoms with van der Waals surface area (Å²) >= 11 is 6.91. The summed E-state index contributed by atoms with van der Waals surface area (Å²) in [6.45, 7) is 0.200. The highest BCUT2D eigenvalue weighted by atomic mass is 35.5. The van der Waals surface area contributed by atoms with Crippen LogP contribution in [0.5, 0.6) is 23.0 Å². The molecule has 0 radical (unpaired) electrons. The van der Waals surface area contributed by atoms with E-state index in [1.54, 1.807) is 66.7 Å². The summed E-state index contributed by atoms with van der Waals surface area (Å²) in [5.41, 5.74) is 0.809. The molecule has 0 aromatic heterocycles. The van der Waals surface area contributed by atoms with Gasteiger partial charge in [0.05, 0.1) is 36.3 Å². The molecule has 2 amide bonds. The van der Waals surface area contributed by atoms with Crippen LogP contribution in [0.2, 0.25) is 5.02 Å². The van der Waals surface area contributed by atoms with E-state index >= 15 is 0 Å². The SMILES string of the molecule is COc1ccccc1OCCN1C(=O)S/C(=C\c2ccc(OC(=O)c3ccccc3Cl)c(OC)c2)C1=O. The first kappa shape index (κ1) is 26.1. The number of hydrogen-bond acceptors (Lipinski definition) is 8. The first-order valence-corrected chi connectivity index (χ1v) is 12.3. The van der Waals surface area contributed by atoms with E-state index in [1.807, 2.05) is 6.07 Å². The molecule has 0 atom stereocenters. The molecular weight excluding hydrogens is 518 g/mol. The van der Waals surface area contributed by atoms with Crippen LogP contribution >= 0.6 is 23.4 Å². The monoisotopic (exact) mass is 539 g/mol. The number of imide groups is 1. The fourth-order valence-corrected chi connectivity index (χ4v) is 4.55. The first-order chi connectivity index (χ1) is 17.9. The van der Waals surface area contributed by atoms with E-state index in [2.05, 4.69) is 0 Å². The number of benzene rings is 3. The lowest BCUT2D eigenvalue weighted by Crippen LogP contribution is -2.32. The predicted octanol–water partition coefficient (Wildman–Crippen LogP) is 5.69. The maximum atomic E-state index is 12.9. The molecule has 0 saturated carbocycles. The molecule has 0 N–H and O–H groups in total. The van der Waals surface area contributed by atoms with Gasteiger partial charge in [0.15, 0.2) is 23.0 Å². The third kappa shape index (κ3) is 6.07. The van der Waals surface area contributed by atoms with Crippen LogP contribution in [-0.4, -0.2) is 49.4 Å². The lowest BCUT2D eigenvalue weighted by molar-refractivity contribution is -0.123. The summed E-state index contributed by atoms with van der Waals surface area (Å²) in [4.78, 5) is 39.2. The van der Waals surface area contributed by atoms with Gasteiger partial charge in [-0.25, -0.2) is 4.79 Å². The Labute approximate surface area is 222 Å². The standard InChI is InChI=1S/C27H22ClNO7S/c1-33-20-9-5-6-10-21(20)35-14-13-29-25(30)24(37-27(29)32)16-17-11-12-22(23(15-17)34-2)36-26(31)18-7-3-4-8-19(18)28/h3-12,15-16H,13-14H2,1-2H3/b24-16-. The van der Waals surface area contributed by atoms with Crippen LogP contribution in [0.1, 0.15) is 15.9 Å². The van der Waals surface area contributed by atoms with Crippen molar-refractivity contribution < 1.29 is 33.3 Å². The summed E-state index contributed by atoms with van der Waals surface area (Å²) in [7, 11) is 2.97. The molecular formula is C27H22ClNO7S. The van der Waals surface area contributed by atoms with Gasteiger partial charge >= 0.3 is 5.97 Å². The van der Waals surface area contributed by atoms with Gasteiger partial charge in [-0.2, -0.15) is 0 Å². The Morgan fingerprint density at radius 3 is 2.35 bits per heavy atom. The van der Waals surface area contributed by atoms with Gasteiger partial charge in [0, 0.05) is 0 Å². The van der Waals surface area contributed by atoms with Crippen molar-refractivity contribution in [1.29, 1.82) is 0 Å². The van der Waals surface area contributed by atoms with Crippen LogP contribution in [0.15, 0.2) is 71.6 Å². The quantitative estimate of drug-likeness (QED) is 0.194. The van der Waals surface area contributed by atoms with Gasteiger partial charge in [-0.15, -0.1) is 0 Å². The zero-order valence-corrected chi connectivity index (χ0v) is 21.5. The first-order valence-electron chi connectivity index (χ1n) is 11.1. The van der Waals surface area contributed by atoms with Gasteiger partial charge in [-0.05, 0) is 59.8 Å². The molecule has 1 aliphatic heterocycles. The highest BCUT2D eigenvalue weighted by Gasteiger charge is 2.35. The highest BCUT2D eigenvalue weighted by molar-refractivity contribution is 8.18. The van der Waals surface area contributed by atoms with Crippen LogP contribution in [0.4, 0.5) is 4.79 Å². The Morgan fingerprint density at radius 2 is 1.62 bits per heavy atom. The van der Waals surface area contributed by atoms with Gasteiger partial charge in [0.1, 0.15) is 6.61 Å². The molecule has 0 unspecified atom stereocenters. The average molecular weight is 540 g/mol. The fraction of sp³-hybridized carbons (Fsp3) is 0.148. The Kier molecular flexibility index (Phi) is 8.37. The normalized spacial score (nSPS) is 14.1. The van der Waals surface area contributed by atoms with E-state index in [-0.39, 0.29) is 40.1 Å². The number of carbonyl (C=O) groups is 3. The largest absolute Gasteiger partial charge is 0.493 e. The highest BCUT2D eigenvalue weighted by Crippen LogP contribution is 2.35. The van der Waals surface area contributed by atoms with Gasteiger partial charge in [-0.1, -0.05) is 41.9 Å². The topological polar surface area (TPSA) is 91.4 Å². The Balaban J connectivity index is 1.43. The smallest absolute Gasteiger partial charge is 0.345 e. The number of ether oxygens (including phenoxy) is 4. The van der Waals surface area contributed by atoms with E-state index in [9.17, 15) is 14.4 Å². The van der Waals surface area contributed by atoms with Gasteiger partial charge < -0.3 is 18.9 Å². The molecule has 3 aromatic carbocycles. The number of thioether (sulfide) groups is 1. The third-order valence-electron chi connectivity index (χ3n) is 5.30. The minimum Gasteiger partial charge on any atom is -0.493 e. The number of carbonyl (C=O) groups excluding carboxylic acids is 3. The second-order valence-corrected chi connectivity index (χ2v) is 9.01. The summed E-state index contributed by atoms with van der Waals surface area (Å²) in [6.07, 6.45) is 1.58. The van der Waals surface area contributed by atoms with E-state index in [1.165, 1.54) is 14.2 Å². The van der Waals surface area contributed by atoms with E-state index < -0.39 is 17.1 Å². The number of methoxy groups -OCH3 is 2. The number of esters is 1. The molecule has 0 aliphatic carbocycles. The summed E-state index contributed by atoms with van der Waals surface area (Å²) in [5.74, 6) is 0.492. The molecule has 1 aliphatic rings. The van der Waals surface area contributed by atoms with Crippen LogP contribution in [0.25, 0.3) is 6.08 Å². The lowest BCUT2D eigenvalue weighted by atomic mass is 10.1. The zero-order valence-electron chi connectivity index (χ0n) is 19.9. The van der Waals surface area contributed by atoms with Crippen LogP contribution < -0.4 is 18.9 Å². The molecule has 37 heavy (non-hydrogen) atoms.